The van der Waals surface area contributed by atoms with E-state index in [1.54, 1.807) is 23.1 Å². The van der Waals surface area contributed by atoms with Crippen LogP contribution in [0.5, 0.6) is 11.5 Å². The van der Waals surface area contributed by atoms with E-state index >= 15 is 0 Å². The van der Waals surface area contributed by atoms with Crippen molar-refractivity contribution in [3.05, 3.63) is 29.0 Å². The summed E-state index contributed by atoms with van der Waals surface area (Å²) in [5.41, 5.74) is -0.570. The number of nitriles is 3. The Kier molecular flexibility index (Phi) is 6.82. The van der Waals surface area contributed by atoms with Gasteiger partial charge in [0.1, 0.15) is 23.9 Å². The molecule has 2 N–H and O–H groups in total. The first-order valence-corrected chi connectivity index (χ1v) is 7.39. The highest BCUT2D eigenvalue weighted by Crippen LogP contribution is 2.36. The van der Waals surface area contributed by atoms with E-state index in [4.69, 9.17) is 20.5 Å². The number of amides is 1. The van der Waals surface area contributed by atoms with Crippen molar-refractivity contribution in [3.8, 4) is 29.7 Å². The molecule has 0 aliphatic rings. The van der Waals surface area contributed by atoms with Crippen LogP contribution in [0.4, 0.5) is 5.69 Å². The standard InChI is InChI=1S/C17H17N5O3/c1-4-22(5-2)17(24)11-6-13(16(23)15(7-11)25-3)21-14(10-20)12(8-18)9-19/h6-7,21,23H,4-5H2,1-3H3. The molecule has 0 aliphatic carbocycles. The maximum Gasteiger partial charge on any atom is 0.254 e. The Hall–Kier alpha value is -3.70. The van der Waals surface area contributed by atoms with Crippen LogP contribution in [0.15, 0.2) is 23.4 Å². The van der Waals surface area contributed by atoms with E-state index in [0.717, 1.165) is 0 Å². The van der Waals surface area contributed by atoms with Gasteiger partial charge >= 0.3 is 0 Å². The van der Waals surface area contributed by atoms with Gasteiger partial charge in [0, 0.05) is 18.7 Å². The number of anilines is 1. The van der Waals surface area contributed by atoms with Crippen molar-refractivity contribution in [1.29, 1.82) is 15.8 Å². The number of rotatable bonds is 6. The Bertz CT molecular complexity index is 804. The minimum absolute atomic E-state index is 0.0191. The highest BCUT2D eigenvalue weighted by molar-refractivity contribution is 5.96. The Balaban J connectivity index is 3.48. The van der Waals surface area contributed by atoms with E-state index in [0.29, 0.717) is 13.1 Å². The van der Waals surface area contributed by atoms with Crippen LogP contribution >= 0.6 is 0 Å². The molecule has 1 aromatic carbocycles. The Labute approximate surface area is 145 Å². The van der Waals surface area contributed by atoms with Crippen LogP contribution in [0.25, 0.3) is 0 Å². The summed E-state index contributed by atoms with van der Waals surface area (Å²) in [6, 6.07) is 7.58. The summed E-state index contributed by atoms with van der Waals surface area (Å²) >= 11 is 0. The Morgan fingerprint density at radius 1 is 1.20 bits per heavy atom. The predicted molar refractivity (Wildman–Crippen MR) is 89.4 cm³/mol. The number of carbonyl (C=O) groups is 1. The number of methoxy groups -OCH3 is 1. The van der Waals surface area contributed by atoms with Gasteiger partial charge in [0.05, 0.1) is 12.8 Å². The fourth-order valence-electron chi connectivity index (χ4n) is 2.09. The zero-order chi connectivity index (χ0) is 19.0. The quantitative estimate of drug-likeness (QED) is 0.599. The molecule has 0 unspecified atom stereocenters. The molecular weight excluding hydrogens is 322 g/mol. The van der Waals surface area contributed by atoms with Crippen LogP contribution in [-0.4, -0.2) is 36.1 Å². The van der Waals surface area contributed by atoms with E-state index in [2.05, 4.69) is 5.32 Å². The monoisotopic (exact) mass is 339 g/mol. The number of hydrogen-bond donors (Lipinski definition) is 2. The third-order valence-corrected chi connectivity index (χ3v) is 3.44. The summed E-state index contributed by atoms with van der Waals surface area (Å²) in [5, 5.41) is 39.6. The molecule has 0 bridgehead atoms. The zero-order valence-electron chi connectivity index (χ0n) is 14.1. The second-order valence-electron chi connectivity index (χ2n) is 4.76. The molecular formula is C17H17N5O3. The lowest BCUT2D eigenvalue weighted by atomic mass is 10.1. The molecule has 0 saturated heterocycles. The lowest BCUT2D eigenvalue weighted by molar-refractivity contribution is 0.0772. The van der Waals surface area contributed by atoms with Gasteiger partial charge in [0.25, 0.3) is 5.91 Å². The fourth-order valence-corrected chi connectivity index (χ4v) is 2.09. The van der Waals surface area contributed by atoms with Gasteiger partial charge in [-0.3, -0.25) is 4.79 Å². The predicted octanol–water partition coefficient (Wildman–Crippen LogP) is 2.12. The van der Waals surface area contributed by atoms with Crippen LogP contribution in [0.2, 0.25) is 0 Å². The van der Waals surface area contributed by atoms with Gasteiger partial charge in [-0.05, 0) is 26.0 Å². The maximum atomic E-state index is 12.5. The second-order valence-corrected chi connectivity index (χ2v) is 4.76. The molecule has 0 atom stereocenters. The molecule has 0 aliphatic heterocycles. The van der Waals surface area contributed by atoms with E-state index in [1.807, 2.05) is 13.8 Å². The van der Waals surface area contributed by atoms with Crippen LogP contribution in [-0.2, 0) is 0 Å². The molecule has 8 heteroatoms. The number of nitrogens with one attached hydrogen (secondary N) is 1. The number of hydrogen-bond acceptors (Lipinski definition) is 7. The van der Waals surface area contributed by atoms with Crippen molar-refractivity contribution in [1.82, 2.24) is 4.90 Å². The lowest BCUT2D eigenvalue weighted by Crippen LogP contribution is -2.30. The summed E-state index contributed by atoms with van der Waals surface area (Å²) < 4.78 is 5.06. The number of nitrogens with zero attached hydrogens (tertiary/aromatic N) is 4. The number of benzene rings is 1. The van der Waals surface area contributed by atoms with Gasteiger partial charge in [0.2, 0.25) is 0 Å². The van der Waals surface area contributed by atoms with Crippen LogP contribution in [0.1, 0.15) is 24.2 Å². The van der Waals surface area contributed by atoms with E-state index in [-0.39, 0.29) is 34.4 Å². The minimum atomic E-state index is -0.443. The summed E-state index contributed by atoms with van der Waals surface area (Å²) in [6.45, 7) is 4.66. The van der Waals surface area contributed by atoms with Gasteiger partial charge in [-0.2, -0.15) is 15.8 Å². The van der Waals surface area contributed by atoms with Crippen molar-refractivity contribution in [2.24, 2.45) is 0 Å². The molecule has 1 rings (SSSR count). The SMILES string of the molecule is CCN(CC)C(=O)c1cc(NC(C#N)=C(C#N)C#N)c(O)c(OC)c1. The molecule has 0 spiro atoms. The van der Waals surface area contributed by atoms with Gasteiger partial charge in [-0.25, -0.2) is 0 Å². The molecule has 0 saturated carbocycles. The second kappa shape index (κ2) is 8.81. The summed E-state index contributed by atoms with van der Waals surface area (Å²) in [5.74, 6) is -0.607. The first-order valence-electron chi connectivity index (χ1n) is 7.39. The highest BCUT2D eigenvalue weighted by Gasteiger charge is 2.19. The van der Waals surface area contributed by atoms with Crippen LogP contribution in [0, 0.1) is 34.0 Å². The first kappa shape index (κ1) is 19.3. The maximum absolute atomic E-state index is 12.5. The molecule has 128 valence electrons. The molecule has 25 heavy (non-hydrogen) atoms. The lowest BCUT2D eigenvalue weighted by Gasteiger charge is -2.20. The summed E-state index contributed by atoms with van der Waals surface area (Å²) in [4.78, 5) is 14.1. The van der Waals surface area contributed by atoms with Crippen LogP contribution < -0.4 is 10.1 Å². The van der Waals surface area contributed by atoms with Crippen molar-refractivity contribution in [3.63, 3.8) is 0 Å². The Morgan fingerprint density at radius 3 is 2.24 bits per heavy atom. The molecule has 1 aromatic rings. The normalized spacial score (nSPS) is 9.12. The topological polar surface area (TPSA) is 133 Å². The van der Waals surface area contributed by atoms with Crippen molar-refractivity contribution < 1.29 is 14.6 Å². The van der Waals surface area contributed by atoms with Gasteiger partial charge < -0.3 is 20.1 Å². The molecule has 0 aromatic heterocycles. The number of phenols is 1. The molecule has 0 fully saturated rings. The Morgan fingerprint density at radius 2 is 1.80 bits per heavy atom. The molecule has 8 nitrogen and oxygen atoms in total. The largest absolute Gasteiger partial charge is 0.503 e. The number of allylic oxidation sites excluding steroid dienone is 2. The number of aromatic hydroxyl groups is 1. The third-order valence-electron chi connectivity index (χ3n) is 3.44. The molecule has 1 amide bonds. The van der Waals surface area contributed by atoms with E-state index in [1.165, 1.54) is 19.2 Å². The van der Waals surface area contributed by atoms with Gasteiger partial charge in [-0.1, -0.05) is 0 Å². The number of ether oxygens (including phenoxy) is 1. The first-order chi connectivity index (χ1) is 12.0. The molecule has 0 heterocycles. The van der Waals surface area contributed by atoms with Crippen molar-refractivity contribution in [2.45, 2.75) is 13.8 Å². The summed E-state index contributed by atoms with van der Waals surface area (Å²) in [6.07, 6.45) is 0. The average molecular weight is 339 g/mol. The van der Waals surface area contributed by atoms with Crippen molar-refractivity contribution in [2.75, 3.05) is 25.5 Å². The third kappa shape index (κ3) is 4.19. The number of carbonyl (C=O) groups excluding carboxylic acids is 1. The zero-order valence-corrected chi connectivity index (χ0v) is 14.1. The van der Waals surface area contributed by atoms with Crippen molar-refractivity contribution >= 4 is 11.6 Å². The fraction of sp³-hybridized carbons (Fsp3) is 0.294. The molecule has 0 radical (unpaired) electrons. The van der Waals surface area contributed by atoms with Crippen LogP contribution in [0.3, 0.4) is 0 Å². The van der Waals surface area contributed by atoms with Gasteiger partial charge in [-0.15, -0.1) is 0 Å². The average Bonchev–Trinajstić information content (AvgIpc) is 2.63. The smallest absolute Gasteiger partial charge is 0.254 e. The van der Waals surface area contributed by atoms with Gasteiger partial charge in [0.15, 0.2) is 17.1 Å². The highest BCUT2D eigenvalue weighted by atomic mass is 16.5. The summed E-state index contributed by atoms with van der Waals surface area (Å²) in [7, 11) is 1.32. The number of phenolic OH excluding ortho intramolecular Hbond substituents is 1. The van der Waals surface area contributed by atoms with E-state index in [9.17, 15) is 9.90 Å². The van der Waals surface area contributed by atoms with E-state index < -0.39 is 5.57 Å². The minimum Gasteiger partial charge on any atom is -0.503 e.